The number of rotatable bonds is 6. The van der Waals surface area contributed by atoms with Gasteiger partial charge in [-0.05, 0) is 0 Å². The number of nitrogens with zero attached hydrogens (tertiary/aromatic N) is 4. The highest BCUT2D eigenvalue weighted by atomic mass is 31.2. The predicted octanol–water partition coefficient (Wildman–Crippen LogP) is 0.621. The standard InChI is InChI=1S/C10H15FN5O3P/c1-20(17,18)6-19-7(2-11)3-16-5-15-8-9(12)13-4-14-10(8)16/h4-5,7H,2-3,6H2,1H3,(H,17,18)(H2,12,13,14)/t7-/m1/s1. The molecule has 0 fully saturated rings. The van der Waals surface area contributed by atoms with E-state index in [0.717, 1.165) is 6.66 Å². The Kier molecular flexibility index (Phi) is 4.32. The number of nitrogen functional groups attached to an aromatic ring is 1. The molecule has 0 aliphatic rings. The second-order valence-electron chi connectivity index (χ2n) is 4.45. The van der Waals surface area contributed by atoms with E-state index in [9.17, 15) is 8.96 Å². The summed E-state index contributed by atoms with van der Waals surface area (Å²) in [6.07, 6.45) is 1.48. The molecule has 0 aliphatic carbocycles. The Labute approximate surface area is 114 Å². The summed E-state index contributed by atoms with van der Waals surface area (Å²) in [5, 5.41) is 0. The maximum absolute atomic E-state index is 12.9. The first-order valence-electron chi connectivity index (χ1n) is 5.79. The fraction of sp³-hybridized carbons (Fsp3) is 0.500. The Bertz CT molecular complexity index is 643. The molecule has 0 aromatic carbocycles. The molecule has 0 spiro atoms. The van der Waals surface area contributed by atoms with Crippen LogP contribution in [0.2, 0.25) is 0 Å². The van der Waals surface area contributed by atoms with E-state index in [1.807, 2.05) is 0 Å². The number of ether oxygens (including phenoxy) is 1. The van der Waals surface area contributed by atoms with E-state index < -0.39 is 26.5 Å². The molecule has 1 unspecified atom stereocenters. The van der Waals surface area contributed by atoms with Crippen LogP contribution in [0.15, 0.2) is 12.7 Å². The van der Waals surface area contributed by atoms with Crippen molar-refractivity contribution in [3.63, 3.8) is 0 Å². The Morgan fingerprint density at radius 1 is 1.55 bits per heavy atom. The molecule has 0 aliphatic heterocycles. The van der Waals surface area contributed by atoms with Gasteiger partial charge in [0.25, 0.3) is 0 Å². The zero-order valence-electron chi connectivity index (χ0n) is 10.8. The van der Waals surface area contributed by atoms with Gasteiger partial charge in [-0.1, -0.05) is 0 Å². The highest BCUT2D eigenvalue weighted by molar-refractivity contribution is 7.56. The van der Waals surface area contributed by atoms with E-state index in [1.165, 1.54) is 12.7 Å². The van der Waals surface area contributed by atoms with Crippen LogP contribution < -0.4 is 5.73 Å². The van der Waals surface area contributed by atoms with E-state index in [1.54, 1.807) is 4.57 Å². The third kappa shape index (κ3) is 3.50. The topological polar surface area (TPSA) is 116 Å². The summed E-state index contributed by atoms with van der Waals surface area (Å²) < 4.78 is 30.7. The lowest BCUT2D eigenvalue weighted by Gasteiger charge is -2.16. The summed E-state index contributed by atoms with van der Waals surface area (Å²) in [4.78, 5) is 21.0. The smallest absolute Gasteiger partial charge is 0.222 e. The van der Waals surface area contributed by atoms with Gasteiger partial charge in [0, 0.05) is 6.66 Å². The van der Waals surface area contributed by atoms with Crippen LogP contribution in [0.4, 0.5) is 10.2 Å². The summed E-state index contributed by atoms with van der Waals surface area (Å²) in [5.41, 5.74) is 6.53. The second kappa shape index (κ2) is 5.82. The Morgan fingerprint density at radius 3 is 2.95 bits per heavy atom. The van der Waals surface area contributed by atoms with Crippen LogP contribution in [0.3, 0.4) is 0 Å². The molecular weight excluding hydrogens is 288 g/mol. The average Bonchev–Trinajstić information content (AvgIpc) is 2.78. The second-order valence-corrected chi connectivity index (χ2v) is 6.81. The monoisotopic (exact) mass is 303 g/mol. The van der Waals surface area contributed by atoms with Crippen LogP contribution in [0, 0.1) is 0 Å². The van der Waals surface area contributed by atoms with Crippen molar-refractivity contribution in [2.75, 3.05) is 25.4 Å². The van der Waals surface area contributed by atoms with Gasteiger partial charge >= 0.3 is 0 Å². The molecule has 2 aromatic rings. The minimum absolute atomic E-state index is 0.115. The molecule has 0 amide bonds. The largest absolute Gasteiger partial charge is 0.382 e. The van der Waals surface area contributed by atoms with Gasteiger partial charge in [-0.15, -0.1) is 0 Å². The highest BCUT2D eigenvalue weighted by Crippen LogP contribution is 2.35. The fourth-order valence-corrected chi connectivity index (χ4v) is 2.13. The lowest BCUT2D eigenvalue weighted by atomic mass is 10.4. The molecule has 0 bridgehead atoms. The summed E-state index contributed by atoms with van der Waals surface area (Å²) in [6.45, 7) is 0.479. The van der Waals surface area contributed by atoms with E-state index in [2.05, 4.69) is 15.0 Å². The minimum atomic E-state index is -3.34. The molecule has 110 valence electrons. The molecular formula is C10H15FN5O3P. The number of hydrogen-bond donors (Lipinski definition) is 2. The third-order valence-corrected chi connectivity index (χ3v) is 3.18. The number of fused-ring (bicyclic) bond motifs is 1. The predicted molar refractivity (Wildman–Crippen MR) is 71.2 cm³/mol. The van der Waals surface area contributed by atoms with E-state index in [-0.39, 0.29) is 12.4 Å². The maximum Gasteiger partial charge on any atom is 0.222 e. The molecule has 2 rings (SSSR count). The van der Waals surface area contributed by atoms with Crippen molar-refractivity contribution in [3.05, 3.63) is 12.7 Å². The van der Waals surface area contributed by atoms with Crippen molar-refractivity contribution in [2.45, 2.75) is 12.6 Å². The number of halogens is 1. The number of anilines is 1. The summed E-state index contributed by atoms with van der Waals surface area (Å²) in [6, 6.07) is 0. The van der Waals surface area contributed by atoms with E-state index >= 15 is 0 Å². The quantitative estimate of drug-likeness (QED) is 0.751. The van der Waals surface area contributed by atoms with Crippen molar-refractivity contribution in [2.24, 2.45) is 0 Å². The molecule has 10 heteroatoms. The minimum Gasteiger partial charge on any atom is -0.382 e. The number of imidazole rings is 1. The van der Waals surface area contributed by atoms with Crippen LogP contribution in [0.5, 0.6) is 0 Å². The number of nitrogens with two attached hydrogens (primary N) is 1. The fourth-order valence-electron chi connectivity index (χ4n) is 1.64. The summed E-state index contributed by atoms with van der Waals surface area (Å²) in [5.74, 6) is 0.236. The van der Waals surface area contributed by atoms with Crippen molar-refractivity contribution < 1.29 is 18.6 Å². The third-order valence-electron chi connectivity index (χ3n) is 2.55. The number of hydrogen-bond acceptors (Lipinski definition) is 6. The van der Waals surface area contributed by atoms with Gasteiger partial charge in [-0.2, -0.15) is 0 Å². The maximum atomic E-state index is 12.9. The molecule has 0 saturated carbocycles. The number of alkyl halides is 1. The van der Waals surface area contributed by atoms with Crippen molar-refractivity contribution >= 4 is 24.4 Å². The Morgan fingerprint density at radius 2 is 2.30 bits per heavy atom. The van der Waals surface area contributed by atoms with Gasteiger partial charge in [-0.3, -0.25) is 4.57 Å². The normalized spacial score (nSPS) is 16.1. The van der Waals surface area contributed by atoms with Crippen molar-refractivity contribution in [3.8, 4) is 0 Å². The van der Waals surface area contributed by atoms with Crippen molar-refractivity contribution in [1.82, 2.24) is 19.5 Å². The first kappa shape index (κ1) is 14.8. The van der Waals surface area contributed by atoms with Crippen LogP contribution in [-0.2, 0) is 15.8 Å². The molecule has 8 nitrogen and oxygen atoms in total. The van der Waals surface area contributed by atoms with Crippen LogP contribution >= 0.6 is 7.37 Å². The van der Waals surface area contributed by atoms with Gasteiger partial charge in [0.05, 0.1) is 12.9 Å². The summed E-state index contributed by atoms with van der Waals surface area (Å²) in [7, 11) is -3.34. The zero-order chi connectivity index (χ0) is 14.8. The molecule has 2 heterocycles. The van der Waals surface area contributed by atoms with Gasteiger partial charge in [-0.25, -0.2) is 19.3 Å². The highest BCUT2D eigenvalue weighted by Gasteiger charge is 2.18. The Hall–Kier alpha value is -1.57. The molecule has 0 radical (unpaired) electrons. The van der Waals surface area contributed by atoms with Gasteiger partial charge in [0.1, 0.15) is 31.0 Å². The summed E-state index contributed by atoms with van der Waals surface area (Å²) >= 11 is 0. The van der Waals surface area contributed by atoms with Crippen LogP contribution in [0.1, 0.15) is 0 Å². The number of aromatic nitrogens is 4. The van der Waals surface area contributed by atoms with Gasteiger partial charge in [0.2, 0.25) is 7.37 Å². The van der Waals surface area contributed by atoms with Crippen molar-refractivity contribution in [1.29, 1.82) is 0 Å². The Balaban J connectivity index is 2.14. The van der Waals surface area contributed by atoms with Gasteiger partial charge < -0.3 is 19.9 Å². The average molecular weight is 303 g/mol. The lowest BCUT2D eigenvalue weighted by molar-refractivity contribution is 0.0493. The first-order chi connectivity index (χ1) is 9.40. The molecule has 2 aromatic heterocycles. The molecule has 0 saturated heterocycles. The first-order valence-corrected chi connectivity index (χ1v) is 8.08. The molecule has 3 N–H and O–H groups in total. The van der Waals surface area contributed by atoms with E-state index in [0.29, 0.717) is 11.2 Å². The molecule has 2 atom stereocenters. The zero-order valence-corrected chi connectivity index (χ0v) is 11.7. The van der Waals surface area contributed by atoms with Crippen LogP contribution in [0.25, 0.3) is 11.2 Å². The van der Waals surface area contributed by atoms with Gasteiger partial charge in [0.15, 0.2) is 11.5 Å². The SMILES string of the molecule is CP(=O)(O)CO[C@H](CF)Cn1cnc2c(N)ncnc21. The molecule has 20 heavy (non-hydrogen) atoms. The van der Waals surface area contributed by atoms with E-state index in [4.69, 9.17) is 15.4 Å². The van der Waals surface area contributed by atoms with Crippen LogP contribution in [-0.4, -0.2) is 50.2 Å². The lowest BCUT2D eigenvalue weighted by Crippen LogP contribution is -2.22.